The molecule has 0 N–H and O–H groups in total. The van der Waals surface area contributed by atoms with Crippen LogP contribution in [0.15, 0.2) is 48.5 Å². The maximum atomic E-state index is 8.05. The SMILES string of the molecule is CC[Si](CC)(CC)O[C@@H](CP(c1ccc(C)c(OC)c1C)c1ccc(C)c(OC)c1C)[C@H](CP(c1ccc(C)c(OC)c1C)c1ccc(C)c(OC)c1C)O[Si](CC)(CC)CC. The Balaban J connectivity index is 2.16. The number of rotatable bonds is 23. The molecule has 0 amide bonds. The van der Waals surface area contributed by atoms with E-state index in [0.29, 0.717) is 0 Å². The van der Waals surface area contributed by atoms with E-state index in [0.717, 1.165) is 93.8 Å². The summed E-state index contributed by atoms with van der Waals surface area (Å²) in [5, 5.41) is 5.30. The van der Waals surface area contributed by atoms with Gasteiger partial charge in [-0.2, -0.15) is 0 Å². The maximum absolute atomic E-state index is 8.05. The molecule has 2 atom stereocenters. The Morgan fingerprint density at radius 1 is 0.371 bits per heavy atom. The fraction of sp³-hybridized carbons (Fsp3) is 0.538. The van der Waals surface area contributed by atoms with Crippen LogP contribution >= 0.6 is 15.8 Å². The fourth-order valence-electron chi connectivity index (χ4n) is 9.81. The van der Waals surface area contributed by atoms with Crippen LogP contribution in [0.3, 0.4) is 0 Å². The molecule has 0 aromatic heterocycles. The average Bonchev–Trinajstić information content (AvgIpc) is 3.26. The van der Waals surface area contributed by atoms with E-state index in [2.05, 4.69) is 145 Å². The summed E-state index contributed by atoms with van der Waals surface area (Å²) in [6.45, 7) is 31.7. The van der Waals surface area contributed by atoms with E-state index in [1.165, 1.54) is 43.5 Å². The Bertz CT molecular complexity index is 1830. The van der Waals surface area contributed by atoms with Gasteiger partial charge in [0.15, 0.2) is 16.6 Å². The van der Waals surface area contributed by atoms with Crippen LogP contribution in [-0.4, -0.2) is 69.6 Å². The van der Waals surface area contributed by atoms with Gasteiger partial charge in [0.25, 0.3) is 0 Å². The fourth-order valence-corrected chi connectivity index (χ4v) is 21.5. The topological polar surface area (TPSA) is 55.4 Å². The molecule has 0 heterocycles. The van der Waals surface area contributed by atoms with Crippen molar-refractivity contribution in [1.29, 1.82) is 0 Å². The van der Waals surface area contributed by atoms with Crippen LogP contribution in [0.2, 0.25) is 36.3 Å². The van der Waals surface area contributed by atoms with Gasteiger partial charge in [-0.3, -0.25) is 0 Å². The van der Waals surface area contributed by atoms with Crippen LogP contribution in [0.5, 0.6) is 23.0 Å². The summed E-state index contributed by atoms with van der Waals surface area (Å²) in [6, 6.07) is 24.8. The van der Waals surface area contributed by atoms with Gasteiger partial charge in [0.2, 0.25) is 0 Å². The molecule has 4 aromatic carbocycles. The minimum atomic E-state index is -2.21. The van der Waals surface area contributed by atoms with E-state index in [4.69, 9.17) is 27.8 Å². The van der Waals surface area contributed by atoms with Gasteiger partial charge >= 0.3 is 0 Å². The number of methoxy groups -OCH3 is 4. The van der Waals surface area contributed by atoms with Crippen LogP contribution in [-0.2, 0) is 8.85 Å². The van der Waals surface area contributed by atoms with Gasteiger partial charge < -0.3 is 27.8 Å². The summed E-state index contributed by atoms with van der Waals surface area (Å²) < 4.78 is 40.7. The van der Waals surface area contributed by atoms with Crippen molar-refractivity contribution in [2.45, 2.75) is 145 Å². The highest BCUT2D eigenvalue weighted by Gasteiger charge is 2.43. The minimum Gasteiger partial charge on any atom is -0.496 e. The highest BCUT2D eigenvalue weighted by Crippen LogP contribution is 2.48. The van der Waals surface area contributed by atoms with E-state index >= 15 is 0 Å². The van der Waals surface area contributed by atoms with Crippen LogP contribution in [0.4, 0.5) is 0 Å². The molecule has 0 bridgehead atoms. The molecule has 4 rings (SSSR count). The smallest absolute Gasteiger partial charge is 0.192 e. The van der Waals surface area contributed by atoms with Gasteiger partial charge in [0.05, 0.1) is 40.6 Å². The molecule has 10 heteroatoms. The summed E-state index contributed by atoms with van der Waals surface area (Å²) in [4.78, 5) is 0. The molecule has 0 fully saturated rings. The Kier molecular flexibility index (Phi) is 19.2. The summed E-state index contributed by atoms with van der Waals surface area (Å²) in [5.74, 6) is 3.84. The third-order valence-corrected chi connectivity index (χ3v) is 29.1. The zero-order valence-corrected chi connectivity index (χ0v) is 45.6. The van der Waals surface area contributed by atoms with Gasteiger partial charge in [-0.25, -0.2) is 0 Å². The minimum absolute atomic E-state index is 0.159. The lowest BCUT2D eigenvalue weighted by molar-refractivity contribution is 0.0671. The number of ether oxygens (including phenoxy) is 4. The second-order valence-corrected chi connectivity index (χ2v) is 31.1. The summed E-state index contributed by atoms with van der Waals surface area (Å²) in [7, 11) is 0.821. The lowest BCUT2D eigenvalue weighted by atomic mass is 10.1. The first-order valence-electron chi connectivity index (χ1n) is 23.0. The number of hydrogen-bond donors (Lipinski definition) is 0. The summed E-state index contributed by atoms with van der Waals surface area (Å²) in [5.41, 5.74) is 9.38. The Hall–Kier alpha value is -2.71. The molecule has 0 aliphatic carbocycles. The van der Waals surface area contributed by atoms with Gasteiger partial charge in [0, 0.05) is 12.3 Å². The molecule has 0 saturated carbocycles. The molecule has 0 aliphatic rings. The zero-order chi connectivity index (χ0) is 46.1. The van der Waals surface area contributed by atoms with Crippen LogP contribution in [0.1, 0.15) is 86.1 Å². The number of benzene rings is 4. The van der Waals surface area contributed by atoms with Crippen LogP contribution in [0.25, 0.3) is 0 Å². The largest absolute Gasteiger partial charge is 0.496 e. The second kappa shape index (κ2) is 23.0. The van der Waals surface area contributed by atoms with Gasteiger partial charge in [-0.15, -0.1) is 0 Å². The first-order valence-corrected chi connectivity index (χ1v) is 31.1. The highest BCUT2D eigenvalue weighted by atomic mass is 31.1. The predicted molar refractivity (Wildman–Crippen MR) is 276 cm³/mol. The van der Waals surface area contributed by atoms with Crippen molar-refractivity contribution in [3.63, 3.8) is 0 Å². The number of aryl methyl sites for hydroxylation is 4. The quantitative estimate of drug-likeness (QED) is 0.0546. The molecule has 342 valence electrons. The van der Waals surface area contributed by atoms with Crippen LogP contribution in [0, 0.1) is 55.4 Å². The first-order chi connectivity index (χ1) is 29.5. The van der Waals surface area contributed by atoms with Crippen LogP contribution < -0.4 is 40.2 Å². The average molecular weight is 919 g/mol. The summed E-state index contributed by atoms with van der Waals surface area (Å²) >= 11 is 0. The van der Waals surface area contributed by atoms with E-state index in [9.17, 15) is 0 Å². The standard InChI is InChI=1S/C52H80O6P2Si2/c1-19-61(20-2,21-3)57-43(33-59(45-29-25-35(7)49(53-15)39(45)11)46-30-26-36(8)50(54-16)40(46)12)44(58-62(22-4,23-5)24-6)34-60(47-31-27-37(9)51(55-17)41(47)13)48-32-28-38(10)52(56-18)42(48)14/h25-32,43-44H,19-24,33-34H2,1-18H3/t43-,44-/m0/s1. The number of hydrogen-bond acceptors (Lipinski definition) is 6. The highest BCUT2D eigenvalue weighted by molar-refractivity contribution is 7.73. The molecule has 0 radical (unpaired) electrons. The van der Waals surface area contributed by atoms with Gasteiger partial charge in [-0.1, -0.05) is 90.1 Å². The Labute approximate surface area is 382 Å². The van der Waals surface area contributed by atoms with E-state index in [-0.39, 0.29) is 12.2 Å². The van der Waals surface area contributed by atoms with Crippen molar-refractivity contribution in [3.05, 3.63) is 93.0 Å². The van der Waals surface area contributed by atoms with Crippen molar-refractivity contribution in [2.75, 3.05) is 40.8 Å². The first kappa shape index (κ1) is 51.9. The van der Waals surface area contributed by atoms with E-state index < -0.39 is 32.5 Å². The van der Waals surface area contributed by atoms with E-state index in [1.54, 1.807) is 28.4 Å². The van der Waals surface area contributed by atoms with Crippen molar-refractivity contribution < 1.29 is 27.8 Å². The Morgan fingerprint density at radius 3 is 0.758 bits per heavy atom. The molecular weight excluding hydrogens is 839 g/mol. The Morgan fingerprint density at radius 2 is 0.581 bits per heavy atom. The normalized spacial score (nSPS) is 13.2. The summed E-state index contributed by atoms with van der Waals surface area (Å²) in [6.07, 6.45) is 1.33. The molecular formula is C52H80O6P2Si2. The maximum Gasteiger partial charge on any atom is 0.192 e. The van der Waals surface area contributed by atoms with E-state index in [1.807, 2.05) is 0 Å². The van der Waals surface area contributed by atoms with Crippen molar-refractivity contribution in [2.24, 2.45) is 0 Å². The van der Waals surface area contributed by atoms with Crippen molar-refractivity contribution >= 4 is 53.7 Å². The molecule has 0 aliphatic heterocycles. The second-order valence-electron chi connectivity index (χ2n) is 17.3. The van der Waals surface area contributed by atoms with Gasteiger partial charge in [-0.05, 0) is 173 Å². The lowest BCUT2D eigenvalue weighted by Gasteiger charge is -2.44. The molecule has 4 aromatic rings. The molecule has 0 unspecified atom stereocenters. The van der Waals surface area contributed by atoms with Crippen molar-refractivity contribution in [1.82, 2.24) is 0 Å². The zero-order valence-electron chi connectivity index (χ0n) is 41.8. The van der Waals surface area contributed by atoms with Gasteiger partial charge in [0.1, 0.15) is 23.0 Å². The third-order valence-electron chi connectivity index (χ3n) is 14.1. The molecule has 0 saturated heterocycles. The monoisotopic (exact) mass is 918 g/mol. The molecule has 6 nitrogen and oxygen atoms in total. The molecule has 0 spiro atoms. The third kappa shape index (κ3) is 10.9. The van der Waals surface area contributed by atoms with Crippen molar-refractivity contribution in [3.8, 4) is 23.0 Å². The lowest BCUT2D eigenvalue weighted by Crippen LogP contribution is -2.52. The predicted octanol–water partition coefficient (Wildman–Crippen LogP) is 12.5. The molecule has 62 heavy (non-hydrogen) atoms.